The van der Waals surface area contributed by atoms with E-state index in [2.05, 4.69) is 46.3 Å². The summed E-state index contributed by atoms with van der Waals surface area (Å²) >= 11 is 0. The normalized spacial score (nSPS) is 21.2. The lowest BCUT2D eigenvalue weighted by Crippen LogP contribution is -2.52. The van der Waals surface area contributed by atoms with E-state index in [-0.39, 0.29) is 47.4 Å². The molecule has 0 spiro atoms. The highest BCUT2D eigenvalue weighted by Gasteiger charge is 2.39. The fraction of sp³-hybridized carbons (Fsp3) is 0.386. The molecule has 0 saturated carbocycles. The summed E-state index contributed by atoms with van der Waals surface area (Å²) in [5.41, 5.74) is 6.68. The maximum atomic E-state index is 15.6. The molecule has 8 rings (SSSR count). The van der Waals surface area contributed by atoms with Gasteiger partial charge < -0.3 is 24.4 Å². The first-order chi connectivity index (χ1) is 26.7. The molecule has 2 unspecified atom stereocenters. The van der Waals surface area contributed by atoms with Gasteiger partial charge in [0.2, 0.25) is 11.8 Å². The van der Waals surface area contributed by atoms with Gasteiger partial charge in [-0.2, -0.15) is 0 Å². The molecule has 0 aliphatic carbocycles. The molecule has 4 aliphatic heterocycles. The number of halogens is 1. The smallest absolute Gasteiger partial charge is 0.255 e. The number of nitrogens with zero attached hydrogens (tertiary/aromatic N) is 3. The second-order valence-corrected chi connectivity index (χ2v) is 15.2. The predicted molar refractivity (Wildman–Crippen MR) is 206 cm³/mol. The number of benzene rings is 4. The number of unbranched alkanes of at least 4 members (excludes halogenated alkanes) is 2. The van der Waals surface area contributed by atoms with E-state index in [1.165, 1.54) is 0 Å². The average molecular weight is 747 g/mol. The van der Waals surface area contributed by atoms with Gasteiger partial charge in [-0.1, -0.05) is 42.0 Å². The Morgan fingerprint density at radius 2 is 1.76 bits per heavy atom. The minimum atomic E-state index is -0.609. The second-order valence-electron chi connectivity index (χ2n) is 15.2. The highest BCUT2D eigenvalue weighted by molar-refractivity contribution is 6.05. The number of amides is 3. The number of phenolic OH excluding ortho intramolecular Hbond substituents is 1. The number of aromatic hydroxyl groups is 1. The van der Waals surface area contributed by atoms with Crippen LogP contribution in [0.2, 0.25) is 0 Å². The van der Waals surface area contributed by atoms with Crippen molar-refractivity contribution >= 4 is 23.4 Å². The van der Waals surface area contributed by atoms with Crippen molar-refractivity contribution in [1.29, 1.82) is 0 Å². The summed E-state index contributed by atoms with van der Waals surface area (Å²) in [7, 11) is 0. The SMILES string of the molecule is Cc1cccc([C@H]2COc3cc(O)ccc3C2c2ccc(OCCCCCN3CCN(c4ccc5c(c4)CN(C4CCC(=O)NC4=O)C5=O)CC3)c(F)c2)c1. The van der Waals surface area contributed by atoms with Crippen LogP contribution in [0, 0.1) is 12.7 Å². The Morgan fingerprint density at radius 1 is 0.909 bits per heavy atom. The Balaban J connectivity index is 0.794. The fourth-order valence-corrected chi connectivity index (χ4v) is 8.61. The summed E-state index contributed by atoms with van der Waals surface area (Å²) in [6, 6.07) is 24.1. The molecule has 4 aliphatic rings. The summed E-state index contributed by atoms with van der Waals surface area (Å²) in [5, 5.41) is 12.5. The number of ether oxygens (including phenoxy) is 2. The number of fused-ring (bicyclic) bond motifs is 2. The molecule has 0 bridgehead atoms. The molecule has 0 radical (unpaired) electrons. The third-order valence-corrected chi connectivity index (χ3v) is 11.6. The first-order valence-electron chi connectivity index (χ1n) is 19.4. The zero-order valence-corrected chi connectivity index (χ0v) is 31.1. The first kappa shape index (κ1) is 36.6. The van der Waals surface area contributed by atoms with E-state index in [1.807, 2.05) is 30.3 Å². The van der Waals surface area contributed by atoms with E-state index in [1.54, 1.807) is 29.2 Å². The molecule has 55 heavy (non-hydrogen) atoms. The number of aryl methyl sites for hydroxylation is 1. The molecule has 4 heterocycles. The van der Waals surface area contributed by atoms with Crippen LogP contribution in [-0.2, 0) is 16.1 Å². The molecule has 3 atom stereocenters. The van der Waals surface area contributed by atoms with Crippen LogP contribution >= 0.6 is 0 Å². The molecule has 4 aromatic rings. The quantitative estimate of drug-likeness (QED) is 0.136. The van der Waals surface area contributed by atoms with Gasteiger partial charge in [0.05, 0.1) is 13.2 Å². The van der Waals surface area contributed by atoms with Crippen LogP contribution in [-0.4, -0.2) is 84.6 Å². The van der Waals surface area contributed by atoms with Gasteiger partial charge in [-0.15, -0.1) is 0 Å². The number of imide groups is 1. The van der Waals surface area contributed by atoms with Crippen LogP contribution in [0.25, 0.3) is 0 Å². The second kappa shape index (κ2) is 15.7. The van der Waals surface area contributed by atoms with E-state index >= 15 is 4.39 Å². The molecular weight excluding hydrogens is 700 g/mol. The Morgan fingerprint density at radius 3 is 2.56 bits per heavy atom. The molecule has 0 aromatic heterocycles. The molecule has 4 aromatic carbocycles. The van der Waals surface area contributed by atoms with Crippen molar-refractivity contribution in [1.82, 2.24) is 15.1 Å². The first-order valence-corrected chi connectivity index (χ1v) is 19.4. The van der Waals surface area contributed by atoms with Gasteiger partial charge in [0.25, 0.3) is 5.91 Å². The number of hydrogen-bond donors (Lipinski definition) is 2. The predicted octanol–water partition coefficient (Wildman–Crippen LogP) is 6.28. The maximum absolute atomic E-state index is 15.6. The van der Waals surface area contributed by atoms with Crippen molar-refractivity contribution in [3.63, 3.8) is 0 Å². The number of phenols is 1. The summed E-state index contributed by atoms with van der Waals surface area (Å²) < 4.78 is 27.6. The van der Waals surface area contributed by atoms with Crippen molar-refractivity contribution in [2.45, 2.75) is 63.5 Å². The fourth-order valence-electron chi connectivity index (χ4n) is 8.61. The maximum Gasteiger partial charge on any atom is 0.255 e. The van der Waals surface area contributed by atoms with Crippen LogP contribution in [0.3, 0.4) is 0 Å². The monoisotopic (exact) mass is 746 g/mol. The summed E-state index contributed by atoms with van der Waals surface area (Å²) in [6.07, 6.45) is 3.44. The summed E-state index contributed by atoms with van der Waals surface area (Å²) in [6.45, 7) is 7.94. The van der Waals surface area contributed by atoms with Gasteiger partial charge in [-0.25, -0.2) is 4.39 Å². The topological polar surface area (TPSA) is 112 Å². The molecule has 2 saturated heterocycles. The Labute approximate surface area is 320 Å². The van der Waals surface area contributed by atoms with Gasteiger partial charge in [-0.3, -0.25) is 24.6 Å². The number of anilines is 1. The van der Waals surface area contributed by atoms with Crippen molar-refractivity contribution in [3.05, 3.63) is 118 Å². The van der Waals surface area contributed by atoms with Crippen molar-refractivity contribution in [2.24, 2.45) is 0 Å². The zero-order chi connectivity index (χ0) is 38.1. The molecule has 10 nitrogen and oxygen atoms in total. The van der Waals surface area contributed by atoms with Crippen LogP contribution < -0.4 is 19.7 Å². The highest BCUT2D eigenvalue weighted by Crippen LogP contribution is 2.47. The van der Waals surface area contributed by atoms with Crippen LogP contribution in [0.15, 0.2) is 78.9 Å². The van der Waals surface area contributed by atoms with E-state index in [4.69, 9.17) is 9.47 Å². The standard InChI is InChI=1S/C44H47FN4O6/c1-28-6-5-7-29(22-28)36-27-55-40-25-33(50)10-12-35(40)42(36)30-8-14-39(37(45)24-30)54-21-4-2-3-16-47-17-19-48(20-18-47)32-9-11-34-31(23-32)26-49(44(34)53)38-13-15-41(51)46-43(38)52/h5-12,14,22-25,36,38,42,50H,2-4,13,15-21,26-27H2,1H3,(H,46,51,52)/t36-,38?,42?/m1/s1. The van der Waals surface area contributed by atoms with Crippen LogP contribution in [0.4, 0.5) is 10.1 Å². The largest absolute Gasteiger partial charge is 0.508 e. The van der Waals surface area contributed by atoms with Gasteiger partial charge in [0.15, 0.2) is 11.6 Å². The molecule has 2 fully saturated rings. The lowest BCUT2D eigenvalue weighted by molar-refractivity contribution is -0.136. The van der Waals surface area contributed by atoms with Gasteiger partial charge in [0.1, 0.15) is 17.5 Å². The Hall–Kier alpha value is -5.42. The van der Waals surface area contributed by atoms with Crippen LogP contribution in [0.1, 0.15) is 82.1 Å². The Kier molecular flexibility index (Phi) is 10.5. The third-order valence-electron chi connectivity index (χ3n) is 11.6. The molecule has 286 valence electrons. The van der Waals surface area contributed by atoms with Crippen molar-refractivity contribution < 1.29 is 33.4 Å². The molecular formula is C44H47FN4O6. The average Bonchev–Trinajstić information content (AvgIpc) is 3.51. The number of rotatable bonds is 11. The summed E-state index contributed by atoms with van der Waals surface area (Å²) in [4.78, 5) is 43.5. The molecule has 2 N–H and O–H groups in total. The number of hydrogen-bond acceptors (Lipinski definition) is 8. The van der Waals surface area contributed by atoms with E-state index in [0.717, 1.165) is 85.5 Å². The van der Waals surface area contributed by atoms with E-state index < -0.39 is 11.9 Å². The molecule has 3 amide bonds. The van der Waals surface area contributed by atoms with E-state index in [0.29, 0.717) is 37.5 Å². The Bertz CT molecular complexity index is 2100. The number of carbonyl (C=O) groups is 3. The molecule has 11 heteroatoms. The van der Waals surface area contributed by atoms with Gasteiger partial charge in [-0.05, 0) is 92.2 Å². The number of piperidine rings is 1. The van der Waals surface area contributed by atoms with E-state index in [9.17, 15) is 19.5 Å². The highest BCUT2D eigenvalue weighted by atomic mass is 19.1. The zero-order valence-electron chi connectivity index (χ0n) is 31.1. The minimum absolute atomic E-state index is 0.0167. The lowest BCUT2D eigenvalue weighted by atomic mass is 9.75. The number of nitrogens with one attached hydrogen (secondary N) is 1. The van der Waals surface area contributed by atoms with Crippen molar-refractivity contribution in [2.75, 3.05) is 50.8 Å². The van der Waals surface area contributed by atoms with Gasteiger partial charge >= 0.3 is 0 Å². The van der Waals surface area contributed by atoms with Crippen molar-refractivity contribution in [3.8, 4) is 17.2 Å². The minimum Gasteiger partial charge on any atom is -0.508 e. The number of carbonyl (C=O) groups excluding carboxylic acids is 3. The lowest BCUT2D eigenvalue weighted by Gasteiger charge is -2.36. The van der Waals surface area contributed by atoms with Gasteiger partial charge in [0, 0.05) is 73.9 Å². The van der Waals surface area contributed by atoms with Crippen LogP contribution in [0.5, 0.6) is 17.2 Å². The number of piperazine rings is 1. The summed E-state index contributed by atoms with van der Waals surface area (Å²) in [5.74, 6) is -0.362. The third kappa shape index (κ3) is 7.76.